The van der Waals surface area contributed by atoms with Crippen molar-refractivity contribution in [2.24, 2.45) is 0 Å². The molecule has 12 heavy (non-hydrogen) atoms. The summed E-state index contributed by atoms with van der Waals surface area (Å²) in [6.45, 7) is 2.61. The summed E-state index contributed by atoms with van der Waals surface area (Å²) in [4.78, 5) is 0. The predicted octanol–water partition coefficient (Wildman–Crippen LogP) is 1.71. The van der Waals surface area contributed by atoms with E-state index in [1.807, 2.05) is 32.2 Å². The van der Waals surface area contributed by atoms with E-state index in [2.05, 4.69) is 5.32 Å². The van der Waals surface area contributed by atoms with Crippen molar-refractivity contribution in [3.05, 3.63) is 18.2 Å². The van der Waals surface area contributed by atoms with Crippen LogP contribution in [0.4, 0.5) is 11.4 Å². The summed E-state index contributed by atoms with van der Waals surface area (Å²) in [6.07, 6.45) is 0. The van der Waals surface area contributed by atoms with E-state index in [1.54, 1.807) is 0 Å². The molecule has 0 aliphatic rings. The first-order chi connectivity index (χ1) is 5.77. The van der Waals surface area contributed by atoms with Crippen LogP contribution in [0.3, 0.4) is 0 Å². The van der Waals surface area contributed by atoms with Crippen molar-refractivity contribution in [2.45, 2.75) is 6.92 Å². The Morgan fingerprint density at radius 2 is 2.25 bits per heavy atom. The Balaban J connectivity index is 2.86. The summed E-state index contributed by atoms with van der Waals surface area (Å²) in [5.74, 6) is 0.814. The fourth-order valence-corrected chi connectivity index (χ4v) is 1.02. The first kappa shape index (κ1) is 8.71. The van der Waals surface area contributed by atoms with Gasteiger partial charge in [0.15, 0.2) is 0 Å². The highest BCUT2D eigenvalue weighted by Gasteiger charge is 1.97. The van der Waals surface area contributed by atoms with Crippen molar-refractivity contribution in [3.63, 3.8) is 0 Å². The molecule has 1 rings (SSSR count). The third-order valence-corrected chi connectivity index (χ3v) is 1.60. The van der Waals surface area contributed by atoms with Crippen LogP contribution in [0.1, 0.15) is 6.92 Å². The first-order valence-corrected chi connectivity index (χ1v) is 3.98. The van der Waals surface area contributed by atoms with Crippen LogP contribution < -0.4 is 15.8 Å². The minimum Gasteiger partial charge on any atom is -0.494 e. The van der Waals surface area contributed by atoms with E-state index < -0.39 is 0 Å². The summed E-state index contributed by atoms with van der Waals surface area (Å²) in [5.41, 5.74) is 7.36. The van der Waals surface area contributed by atoms with Gasteiger partial charge in [-0.2, -0.15) is 0 Å². The zero-order valence-electron chi connectivity index (χ0n) is 7.42. The largest absolute Gasteiger partial charge is 0.494 e. The number of anilines is 2. The minimum atomic E-state index is 0.665. The summed E-state index contributed by atoms with van der Waals surface area (Å²) in [5, 5.41) is 2.98. The maximum Gasteiger partial charge on any atom is 0.121 e. The molecule has 0 radical (unpaired) electrons. The van der Waals surface area contributed by atoms with Gasteiger partial charge in [0.05, 0.1) is 18.0 Å². The highest BCUT2D eigenvalue weighted by atomic mass is 16.5. The molecule has 0 atom stereocenters. The standard InChI is InChI=1S/C9H14N2O/c1-3-12-7-4-5-9(11-2)8(10)6-7/h4-6,11H,3,10H2,1-2H3. The van der Waals surface area contributed by atoms with E-state index in [0.29, 0.717) is 12.3 Å². The highest BCUT2D eigenvalue weighted by molar-refractivity contribution is 5.67. The molecular formula is C9H14N2O. The molecular weight excluding hydrogens is 152 g/mol. The molecule has 0 unspecified atom stereocenters. The van der Waals surface area contributed by atoms with E-state index in [9.17, 15) is 0 Å². The van der Waals surface area contributed by atoms with Gasteiger partial charge in [-0.3, -0.25) is 0 Å². The van der Waals surface area contributed by atoms with Gasteiger partial charge in [0.1, 0.15) is 5.75 Å². The smallest absolute Gasteiger partial charge is 0.121 e. The summed E-state index contributed by atoms with van der Waals surface area (Å²) in [7, 11) is 1.84. The third kappa shape index (κ3) is 1.81. The summed E-state index contributed by atoms with van der Waals surface area (Å²) in [6, 6.07) is 5.61. The van der Waals surface area contributed by atoms with Crippen LogP contribution >= 0.6 is 0 Å². The van der Waals surface area contributed by atoms with Gasteiger partial charge in [-0.1, -0.05) is 0 Å². The molecule has 0 amide bonds. The molecule has 3 N–H and O–H groups in total. The number of benzene rings is 1. The minimum absolute atomic E-state index is 0.665. The molecule has 0 aromatic heterocycles. The number of nitrogens with one attached hydrogen (secondary N) is 1. The van der Waals surface area contributed by atoms with Crippen molar-refractivity contribution in [3.8, 4) is 5.75 Å². The van der Waals surface area contributed by atoms with Crippen molar-refractivity contribution in [2.75, 3.05) is 24.7 Å². The van der Waals surface area contributed by atoms with Crippen LogP contribution in [0.25, 0.3) is 0 Å². The van der Waals surface area contributed by atoms with E-state index >= 15 is 0 Å². The first-order valence-electron chi connectivity index (χ1n) is 3.98. The number of hydrogen-bond donors (Lipinski definition) is 2. The maximum absolute atomic E-state index is 5.72. The quantitative estimate of drug-likeness (QED) is 0.672. The van der Waals surface area contributed by atoms with Crippen LogP contribution in [-0.2, 0) is 0 Å². The van der Waals surface area contributed by atoms with Gasteiger partial charge in [-0.15, -0.1) is 0 Å². The third-order valence-electron chi connectivity index (χ3n) is 1.60. The van der Waals surface area contributed by atoms with Crippen molar-refractivity contribution < 1.29 is 4.74 Å². The number of nitrogen functional groups attached to an aromatic ring is 1. The average molecular weight is 166 g/mol. The summed E-state index contributed by atoms with van der Waals surface area (Å²) >= 11 is 0. The average Bonchev–Trinajstić information content (AvgIpc) is 2.05. The fraction of sp³-hybridized carbons (Fsp3) is 0.333. The predicted molar refractivity (Wildman–Crippen MR) is 51.6 cm³/mol. The van der Waals surface area contributed by atoms with Gasteiger partial charge in [0.25, 0.3) is 0 Å². The second kappa shape index (κ2) is 3.85. The van der Waals surface area contributed by atoms with Crippen molar-refractivity contribution in [1.82, 2.24) is 0 Å². The molecule has 0 saturated carbocycles. The van der Waals surface area contributed by atoms with Crippen LogP contribution in [0.5, 0.6) is 5.75 Å². The normalized spacial score (nSPS) is 9.50. The van der Waals surface area contributed by atoms with Gasteiger partial charge < -0.3 is 15.8 Å². The Bertz CT molecular complexity index is 261. The van der Waals surface area contributed by atoms with E-state index in [-0.39, 0.29) is 0 Å². The van der Waals surface area contributed by atoms with Gasteiger partial charge >= 0.3 is 0 Å². The van der Waals surface area contributed by atoms with E-state index in [4.69, 9.17) is 10.5 Å². The lowest BCUT2D eigenvalue weighted by Gasteiger charge is -2.07. The Kier molecular flexibility index (Phi) is 2.80. The second-order valence-corrected chi connectivity index (χ2v) is 2.43. The van der Waals surface area contributed by atoms with Crippen molar-refractivity contribution >= 4 is 11.4 Å². The monoisotopic (exact) mass is 166 g/mol. The van der Waals surface area contributed by atoms with Crippen LogP contribution in [-0.4, -0.2) is 13.7 Å². The molecule has 3 heteroatoms. The van der Waals surface area contributed by atoms with E-state index in [0.717, 1.165) is 11.4 Å². The Morgan fingerprint density at radius 3 is 2.75 bits per heavy atom. The van der Waals surface area contributed by atoms with Crippen LogP contribution in [0, 0.1) is 0 Å². The molecule has 66 valence electrons. The van der Waals surface area contributed by atoms with Crippen molar-refractivity contribution in [1.29, 1.82) is 0 Å². The fourth-order valence-electron chi connectivity index (χ4n) is 1.02. The van der Waals surface area contributed by atoms with Gasteiger partial charge in [0, 0.05) is 13.1 Å². The molecule has 1 aromatic rings. The SMILES string of the molecule is CCOc1ccc(NC)c(N)c1. The molecule has 3 nitrogen and oxygen atoms in total. The van der Waals surface area contributed by atoms with E-state index in [1.165, 1.54) is 0 Å². The molecule has 0 saturated heterocycles. The molecule has 0 aliphatic heterocycles. The van der Waals surface area contributed by atoms with Gasteiger partial charge in [0.2, 0.25) is 0 Å². The van der Waals surface area contributed by atoms with Gasteiger partial charge in [-0.05, 0) is 19.1 Å². The number of nitrogens with two attached hydrogens (primary N) is 1. The molecule has 0 fully saturated rings. The lowest BCUT2D eigenvalue weighted by molar-refractivity contribution is 0.340. The second-order valence-electron chi connectivity index (χ2n) is 2.43. The highest BCUT2D eigenvalue weighted by Crippen LogP contribution is 2.23. The number of hydrogen-bond acceptors (Lipinski definition) is 3. The lowest BCUT2D eigenvalue weighted by atomic mass is 10.2. The zero-order valence-corrected chi connectivity index (χ0v) is 7.42. The number of rotatable bonds is 3. The molecule has 0 spiro atoms. The van der Waals surface area contributed by atoms with Crippen LogP contribution in [0.2, 0.25) is 0 Å². The van der Waals surface area contributed by atoms with Crippen LogP contribution in [0.15, 0.2) is 18.2 Å². The number of ether oxygens (including phenoxy) is 1. The Morgan fingerprint density at radius 1 is 1.50 bits per heavy atom. The van der Waals surface area contributed by atoms with Gasteiger partial charge in [-0.25, -0.2) is 0 Å². The maximum atomic E-state index is 5.72. The zero-order chi connectivity index (χ0) is 8.97. The Labute approximate surface area is 72.5 Å². The molecule has 0 heterocycles. The summed E-state index contributed by atoms with van der Waals surface area (Å²) < 4.78 is 5.28. The molecule has 0 bridgehead atoms. The lowest BCUT2D eigenvalue weighted by Crippen LogP contribution is -1.97. The topological polar surface area (TPSA) is 47.3 Å². The molecule has 1 aromatic carbocycles. The molecule has 0 aliphatic carbocycles. The Hall–Kier alpha value is -1.38.